The van der Waals surface area contributed by atoms with Crippen LogP contribution in [0.5, 0.6) is 0 Å². The first-order valence-corrected chi connectivity index (χ1v) is 8.20. The van der Waals surface area contributed by atoms with Crippen molar-refractivity contribution in [3.05, 3.63) is 70.9 Å². The van der Waals surface area contributed by atoms with Gasteiger partial charge in [-0.25, -0.2) is 0 Å². The fraction of sp³-hybridized carbons (Fsp3) is 0.250. The number of para-hydroxylation sites is 1. The maximum Gasteiger partial charge on any atom is 0.254 e. The van der Waals surface area contributed by atoms with E-state index in [0.717, 1.165) is 41.4 Å². The van der Waals surface area contributed by atoms with Gasteiger partial charge in [0.1, 0.15) is 0 Å². The highest BCUT2D eigenvalue weighted by atomic mass is 16.1. The monoisotopic (exact) mass is 304 g/mol. The van der Waals surface area contributed by atoms with Gasteiger partial charge in [-0.2, -0.15) is 0 Å². The van der Waals surface area contributed by atoms with Crippen LogP contribution < -0.4 is 5.32 Å². The van der Waals surface area contributed by atoms with Gasteiger partial charge in [-0.1, -0.05) is 42.5 Å². The van der Waals surface area contributed by atoms with E-state index in [9.17, 15) is 4.79 Å². The average molecular weight is 304 g/mol. The second kappa shape index (κ2) is 5.58. The van der Waals surface area contributed by atoms with E-state index in [2.05, 4.69) is 34.6 Å². The lowest BCUT2D eigenvalue weighted by Crippen LogP contribution is -2.31. The summed E-state index contributed by atoms with van der Waals surface area (Å²) in [4.78, 5) is 16.2. The van der Waals surface area contributed by atoms with E-state index in [4.69, 9.17) is 0 Å². The van der Waals surface area contributed by atoms with Crippen molar-refractivity contribution in [1.29, 1.82) is 0 Å². The molecule has 0 spiro atoms. The predicted octanol–water partition coefficient (Wildman–Crippen LogP) is 4.28. The van der Waals surface area contributed by atoms with E-state index >= 15 is 0 Å². The van der Waals surface area contributed by atoms with Gasteiger partial charge in [-0.05, 0) is 43.4 Å². The van der Waals surface area contributed by atoms with Gasteiger partial charge < -0.3 is 10.3 Å². The summed E-state index contributed by atoms with van der Waals surface area (Å²) in [6, 6.07) is 16.5. The second-order valence-corrected chi connectivity index (χ2v) is 6.29. The highest BCUT2D eigenvalue weighted by Crippen LogP contribution is 2.30. The number of nitrogens with one attached hydrogen (secondary N) is 2. The van der Waals surface area contributed by atoms with Crippen LogP contribution in [0.25, 0.3) is 10.9 Å². The molecule has 0 saturated carbocycles. The minimum absolute atomic E-state index is 0.0154. The fourth-order valence-electron chi connectivity index (χ4n) is 3.70. The fourth-order valence-corrected chi connectivity index (χ4v) is 3.70. The molecular formula is C20H20N2O. The maximum atomic E-state index is 12.9. The Morgan fingerprint density at radius 3 is 2.83 bits per heavy atom. The molecule has 0 fully saturated rings. The number of hydrogen-bond acceptors (Lipinski definition) is 1. The van der Waals surface area contributed by atoms with E-state index in [1.807, 2.05) is 31.2 Å². The molecule has 1 unspecified atom stereocenters. The van der Waals surface area contributed by atoms with Crippen molar-refractivity contribution in [2.45, 2.75) is 32.2 Å². The Kier molecular flexibility index (Phi) is 3.41. The third-order valence-corrected chi connectivity index (χ3v) is 4.80. The molecule has 116 valence electrons. The Morgan fingerprint density at radius 2 is 1.91 bits per heavy atom. The minimum Gasteiger partial charge on any atom is -0.358 e. The molecule has 0 saturated heterocycles. The summed E-state index contributed by atoms with van der Waals surface area (Å²) in [5, 5.41) is 4.24. The first-order valence-electron chi connectivity index (χ1n) is 8.20. The number of fused-ring (bicyclic) bond motifs is 2. The van der Waals surface area contributed by atoms with Crippen molar-refractivity contribution in [2.75, 3.05) is 0 Å². The molecule has 3 nitrogen and oxygen atoms in total. The molecule has 2 aromatic carbocycles. The first-order chi connectivity index (χ1) is 11.2. The van der Waals surface area contributed by atoms with Gasteiger partial charge in [-0.15, -0.1) is 0 Å². The van der Waals surface area contributed by atoms with Crippen LogP contribution in [0.2, 0.25) is 0 Å². The molecule has 1 heterocycles. The molecule has 23 heavy (non-hydrogen) atoms. The van der Waals surface area contributed by atoms with Crippen molar-refractivity contribution >= 4 is 16.8 Å². The van der Waals surface area contributed by atoms with Gasteiger partial charge in [0.25, 0.3) is 5.91 Å². The molecule has 0 radical (unpaired) electrons. The van der Waals surface area contributed by atoms with E-state index in [1.54, 1.807) is 0 Å². The number of aromatic nitrogens is 1. The molecule has 1 aromatic heterocycles. The normalized spacial score (nSPS) is 17.0. The Bertz CT molecular complexity index is 878. The zero-order valence-corrected chi connectivity index (χ0v) is 13.2. The largest absolute Gasteiger partial charge is 0.358 e. The maximum absolute atomic E-state index is 12.9. The van der Waals surface area contributed by atoms with Gasteiger partial charge in [0, 0.05) is 16.6 Å². The Labute approximate surface area is 135 Å². The van der Waals surface area contributed by atoms with Crippen molar-refractivity contribution in [3.63, 3.8) is 0 Å². The Hall–Kier alpha value is -2.55. The van der Waals surface area contributed by atoms with Gasteiger partial charge in [-0.3, -0.25) is 4.79 Å². The summed E-state index contributed by atoms with van der Waals surface area (Å²) in [5.41, 5.74) is 5.33. The number of hydrogen-bond donors (Lipinski definition) is 2. The zero-order valence-electron chi connectivity index (χ0n) is 13.2. The number of rotatable bonds is 2. The lowest BCUT2D eigenvalue weighted by Gasteiger charge is -2.26. The number of benzene rings is 2. The summed E-state index contributed by atoms with van der Waals surface area (Å²) < 4.78 is 0. The van der Waals surface area contributed by atoms with E-state index in [1.165, 1.54) is 11.1 Å². The summed E-state index contributed by atoms with van der Waals surface area (Å²) in [7, 11) is 0. The van der Waals surface area contributed by atoms with Crippen LogP contribution in [0.3, 0.4) is 0 Å². The molecule has 1 atom stereocenters. The van der Waals surface area contributed by atoms with E-state index in [0.29, 0.717) is 0 Å². The molecule has 2 N–H and O–H groups in total. The van der Waals surface area contributed by atoms with Crippen LogP contribution >= 0.6 is 0 Å². The molecular weight excluding hydrogens is 284 g/mol. The molecule has 0 bridgehead atoms. The van der Waals surface area contributed by atoms with Crippen LogP contribution in [0.1, 0.15) is 46.1 Å². The third-order valence-electron chi connectivity index (χ3n) is 4.80. The van der Waals surface area contributed by atoms with Crippen LogP contribution in [0.4, 0.5) is 0 Å². The lowest BCUT2D eigenvalue weighted by molar-refractivity contribution is 0.0934. The molecule has 4 rings (SSSR count). The van der Waals surface area contributed by atoms with Crippen molar-refractivity contribution in [2.24, 2.45) is 0 Å². The lowest BCUT2D eigenvalue weighted by atomic mass is 9.87. The SMILES string of the molecule is Cc1[nH]c2ccccc2c1C(=O)NC1CCCc2ccccc21. The van der Waals surface area contributed by atoms with Crippen LogP contribution in [-0.4, -0.2) is 10.9 Å². The number of amides is 1. The summed E-state index contributed by atoms with van der Waals surface area (Å²) in [6.45, 7) is 1.96. The smallest absolute Gasteiger partial charge is 0.254 e. The number of H-pyrrole nitrogens is 1. The summed E-state index contributed by atoms with van der Waals surface area (Å²) >= 11 is 0. The molecule has 1 aliphatic carbocycles. The number of aryl methyl sites for hydroxylation is 2. The highest BCUT2D eigenvalue weighted by Gasteiger charge is 2.24. The second-order valence-electron chi connectivity index (χ2n) is 6.29. The van der Waals surface area contributed by atoms with Crippen molar-refractivity contribution < 1.29 is 4.79 Å². The number of carbonyl (C=O) groups excluding carboxylic acids is 1. The molecule has 3 heteroatoms. The van der Waals surface area contributed by atoms with Crippen molar-refractivity contribution in [3.8, 4) is 0 Å². The Balaban J connectivity index is 1.67. The standard InChI is InChI=1S/C20H20N2O/c1-13-19(16-10-4-5-11-18(16)21-13)20(23)22-17-12-6-8-14-7-2-3-9-15(14)17/h2-5,7,9-11,17,21H,6,8,12H2,1H3,(H,22,23). The van der Waals surface area contributed by atoms with Gasteiger partial charge in [0.2, 0.25) is 0 Å². The molecule has 1 aliphatic rings. The van der Waals surface area contributed by atoms with E-state index < -0.39 is 0 Å². The molecule has 3 aromatic rings. The molecule has 0 aliphatic heterocycles. The number of aromatic amines is 1. The predicted molar refractivity (Wildman–Crippen MR) is 92.6 cm³/mol. The van der Waals surface area contributed by atoms with Crippen LogP contribution in [0.15, 0.2) is 48.5 Å². The summed E-state index contributed by atoms with van der Waals surface area (Å²) in [5.74, 6) is 0.0154. The quantitative estimate of drug-likeness (QED) is 0.729. The minimum atomic E-state index is 0.0154. The topological polar surface area (TPSA) is 44.9 Å². The summed E-state index contributed by atoms with van der Waals surface area (Å²) in [6.07, 6.45) is 3.23. The molecule has 1 amide bonds. The van der Waals surface area contributed by atoms with Crippen LogP contribution in [-0.2, 0) is 6.42 Å². The van der Waals surface area contributed by atoms with Gasteiger partial charge in [0.15, 0.2) is 0 Å². The number of carbonyl (C=O) groups is 1. The third kappa shape index (κ3) is 2.42. The van der Waals surface area contributed by atoms with Gasteiger partial charge in [0.05, 0.1) is 11.6 Å². The Morgan fingerprint density at radius 1 is 1.13 bits per heavy atom. The average Bonchev–Trinajstić information content (AvgIpc) is 2.91. The van der Waals surface area contributed by atoms with Crippen LogP contribution in [0, 0.1) is 6.92 Å². The zero-order chi connectivity index (χ0) is 15.8. The van der Waals surface area contributed by atoms with Crippen molar-refractivity contribution in [1.82, 2.24) is 10.3 Å². The highest BCUT2D eigenvalue weighted by molar-refractivity contribution is 6.08. The van der Waals surface area contributed by atoms with E-state index in [-0.39, 0.29) is 11.9 Å². The first kappa shape index (κ1) is 14.1. The van der Waals surface area contributed by atoms with Gasteiger partial charge >= 0.3 is 0 Å².